The summed E-state index contributed by atoms with van der Waals surface area (Å²) >= 11 is 0. The molecule has 0 bridgehead atoms. The van der Waals surface area contributed by atoms with Gasteiger partial charge < -0.3 is 10.2 Å². The van der Waals surface area contributed by atoms with Crippen molar-refractivity contribution in [3.05, 3.63) is 35.6 Å². The van der Waals surface area contributed by atoms with Crippen LogP contribution in [0.15, 0.2) is 24.3 Å². The number of halogens is 2. The molecule has 1 amide bonds. The number of rotatable bonds is 4. The summed E-state index contributed by atoms with van der Waals surface area (Å²) < 4.78 is 13.4. The zero-order valence-corrected chi connectivity index (χ0v) is 14.1. The molecule has 3 aliphatic rings. The molecule has 5 heteroatoms. The molecule has 3 fully saturated rings. The van der Waals surface area contributed by atoms with Crippen molar-refractivity contribution >= 4 is 18.3 Å². The first-order valence-electron chi connectivity index (χ1n) is 8.44. The average Bonchev–Trinajstić information content (AvgIpc) is 3.42. The molecule has 0 radical (unpaired) electrons. The molecule has 1 spiro atoms. The molecule has 1 aromatic rings. The summed E-state index contributed by atoms with van der Waals surface area (Å²) in [5.41, 5.74) is 1.18. The predicted octanol–water partition coefficient (Wildman–Crippen LogP) is 3.13. The van der Waals surface area contributed by atoms with Crippen molar-refractivity contribution in [3.8, 4) is 0 Å². The molecule has 1 unspecified atom stereocenters. The largest absolute Gasteiger partial charge is 0.335 e. The van der Waals surface area contributed by atoms with Crippen molar-refractivity contribution in [2.45, 2.75) is 44.7 Å². The van der Waals surface area contributed by atoms with Gasteiger partial charge in [0, 0.05) is 18.5 Å². The summed E-state index contributed by atoms with van der Waals surface area (Å²) in [5, 5.41) is 3.38. The fraction of sp³-hybridized carbons (Fsp3) is 0.611. The van der Waals surface area contributed by atoms with Gasteiger partial charge in [0.25, 0.3) is 0 Å². The Morgan fingerprint density at radius 1 is 1.30 bits per heavy atom. The van der Waals surface area contributed by atoms with Crippen molar-refractivity contribution in [2.75, 3.05) is 13.1 Å². The molecule has 3 nitrogen and oxygen atoms in total. The summed E-state index contributed by atoms with van der Waals surface area (Å²) in [6.07, 6.45) is 5.51. The van der Waals surface area contributed by atoms with Crippen LogP contribution in [0.2, 0.25) is 0 Å². The van der Waals surface area contributed by atoms with Crippen LogP contribution >= 0.6 is 12.4 Å². The molecule has 1 aromatic carbocycles. The number of hydrogen-bond acceptors (Lipinski definition) is 2. The highest BCUT2D eigenvalue weighted by Gasteiger charge is 2.59. The van der Waals surface area contributed by atoms with Gasteiger partial charge in [-0.2, -0.15) is 0 Å². The molecule has 4 rings (SSSR count). The Labute approximate surface area is 143 Å². The van der Waals surface area contributed by atoms with E-state index in [0.717, 1.165) is 50.8 Å². The van der Waals surface area contributed by atoms with Crippen molar-refractivity contribution in [2.24, 2.45) is 11.3 Å². The fourth-order valence-electron chi connectivity index (χ4n) is 3.98. The van der Waals surface area contributed by atoms with E-state index in [1.807, 2.05) is 11.0 Å². The quantitative estimate of drug-likeness (QED) is 0.914. The fourth-order valence-corrected chi connectivity index (χ4v) is 3.98. The topological polar surface area (TPSA) is 32.3 Å². The van der Waals surface area contributed by atoms with Gasteiger partial charge in [-0.05, 0) is 68.3 Å². The maximum absolute atomic E-state index is 13.4. The third-order valence-electron chi connectivity index (χ3n) is 5.60. The molecule has 23 heavy (non-hydrogen) atoms. The summed E-state index contributed by atoms with van der Waals surface area (Å²) in [4.78, 5) is 15.0. The van der Waals surface area contributed by atoms with E-state index in [4.69, 9.17) is 0 Å². The minimum Gasteiger partial charge on any atom is -0.335 e. The SMILES string of the molecule is Cl.O=C(C1CC12CCNCC2)N(Cc1cccc(F)c1)C1CC1. The highest BCUT2D eigenvalue weighted by Crippen LogP contribution is 2.59. The summed E-state index contributed by atoms with van der Waals surface area (Å²) in [6, 6.07) is 7.04. The van der Waals surface area contributed by atoms with Gasteiger partial charge in [0.2, 0.25) is 5.91 Å². The monoisotopic (exact) mass is 338 g/mol. The van der Waals surface area contributed by atoms with Crippen molar-refractivity contribution in [3.63, 3.8) is 0 Å². The molecule has 2 aliphatic carbocycles. The van der Waals surface area contributed by atoms with Crippen LogP contribution in [0.1, 0.15) is 37.7 Å². The van der Waals surface area contributed by atoms with Crippen LogP contribution in [0.25, 0.3) is 0 Å². The smallest absolute Gasteiger partial charge is 0.226 e. The van der Waals surface area contributed by atoms with Gasteiger partial charge in [0.1, 0.15) is 5.82 Å². The zero-order valence-electron chi connectivity index (χ0n) is 13.3. The Hall–Kier alpha value is -1.13. The highest BCUT2D eigenvalue weighted by molar-refractivity contribution is 5.85. The Balaban J connectivity index is 0.00000156. The van der Waals surface area contributed by atoms with Gasteiger partial charge in [-0.25, -0.2) is 4.39 Å². The van der Waals surface area contributed by atoms with E-state index < -0.39 is 0 Å². The van der Waals surface area contributed by atoms with Gasteiger partial charge in [0.15, 0.2) is 0 Å². The van der Waals surface area contributed by atoms with Crippen molar-refractivity contribution in [1.82, 2.24) is 10.2 Å². The summed E-state index contributed by atoms with van der Waals surface area (Å²) in [7, 11) is 0. The molecule has 126 valence electrons. The van der Waals surface area contributed by atoms with Crippen LogP contribution in [0.4, 0.5) is 4.39 Å². The lowest BCUT2D eigenvalue weighted by atomic mass is 9.91. The normalized spacial score (nSPS) is 24.8. The molecule has 1 N–H and O–H groups in total. The van der Waals surface area contributed by atoms with Crippen LogP contribution < -0.4 is 5.32 Å². The van der Waals surface area contributed by atoms with E-state index >= 15 is 0 Å². The number of nitrogens with zero attached hydrogens (tertiary/aromatic N) is 1. The number of hydrogen-bond donors (Lipinski definition) is 1. The molecule has 2 saturated carbocycles. The number of nitrogens with one attached hydrogen (secondary N) is 1. The Morgan fingerprint density at radius 2 is 2.04 bits per heavy atom. The van der Waals surface area contributed by atoms with Crippen molar-refractivity contribution < 1.29 is 9.18 Å². The number of piperidine rings is 1. The lowest BCUT2D eigenvalue weighted by Crippen LogP contribution is -2.37. The molecule has 1 saturated heterocycles. The van der Waals surface area contributed by atoms with Crippen LogP contribution in [0, 0.1) is 17.2 Å². The van der Waals surface area contributed by atoms with Crippen molar-refractivity contribution in [1.29, 1.82) is 0 Å². The predicted molar refractivity (Wildman–Crippen MR) is 89.9 cm³/mol. The lowest BCUT2D eigenvalue weighted by molar-refractivity contribution is -0.134. The van der Waals surface area contributed by atoms with E-state index in [0.29, 0.717) is 18.5 Å². The summed E-state index contributed by atoms with van der Waals surface area (Å²) in [6.45, 7) is 2.64. The van der Waals surface area contributed by atoms with Gasteiger partial charge >= 0.3 is 0 Å². The second-order valence-corrected chi connectivity index (χ2v) is 7.20. The van der Waals surface area contributed by atoms with Crippen LogP contribution in [-0.4, -0.2) is 29.9 Å². The van der Waals surface area contributed by atoms with Crippen LogP contribution in [0.5, 0.6) is 0 Å². The minimum absolute atomic E-state index is 0. The second kappa shape index (κ2) is 6.40. The Bertz CT molecular complexity index is 584. The minimum atomic E-state index is -0.220. The number of benzene rings is 1. The van der Waals surface area contributed by atoms with E-state index in [2.05, 4.69) is 5.32 Å². The van der Waals surface area contributed by atoms with E-state index in [1.165, 1.54) is 6.07 Å². The Morgan fingerprint density at radius 3 is 2.70 bits per heavy atom. The Kier molecular flexibility index (Phi) is 4.65. The molecular formula is C18H24ClFN2O. The lowest BCUT2D eigenvalue weighted by Gasteiger charge is -2.27. The second-order valence-electron chi connectivity index (χ2n) is 7.20. The number of carbonyl (C=O) groups excluding carboxylic acids is 1. The maximum atomic E-state index is 13.4. The number of amides is 1. The first-order valence-corrected chi connectivity index (χ1v) is 8.44. The van der Waals surface area contributed by atoms with Gasteiger partial charge in [0.05, 0.1) is 0 Å². The molecule has 1 atom stereocenters. The van der Waals surface area contributed by atoms with Crippen LogP contribution in [0.3, 0.4) is 0 Å². The molecule has 1 aliphatic heterocycles. The standard InChI is InChI=1S/C18H23FN2O.ClH/c19-14-3-1-2-13(10-14)12-21(15-4-5-15)17(22)16-11-18(16)6-8-20-9-7-18;/h1-3,10,15-16,20H,4-9,11-12H2;1H. The van der Waals surface area contributed by atoms with Crippen LogP contribution in [-0.2, 0) is 11.3 Å². The van der Waals surface area contributed by atoms with E-state index in [-0.39, 0.29) is 29.6 Å². The zero-order chi connectivity index (χ0) is 15.2. The number of carbonyl (C=O) groups is 1. The highest BCUT2D eigenvalue weighted by atomic mass is 35.5. The average molecular weight is 339 g/mol. The van der Waals surface area contributed by atoms with Gasteiger partial charge in [-0.1, -0.05) is 12.1 Å². The summed E-state index contributed by atoms with van der Waals surface area (Å²) in [5.74, 6) is 0.305. The molecule has 0 aromatic heterocycles. The van der Waals surface area contributed by atoms with E-state index in [1.54, 1.807) is 12.1 Å². The first kappa shape index (κ1) is 16.7. The van der Waals surface area contributed by atoms with Gasteiger partial charge in [-0.3, -0.25) is 4.79 Å². The third-order valence-corrected chi connectivity index (χ3v) is 5.60. The third kappa shape index (κ3) is 3.38. The maximum Gasteiger partial charge on any atom is 0.226 e. The van der Waals surface area contributed by atoms with Gasteiger partial charge in [-0.15, -0.1) is 12.4 Å². The molecular weight excluding hydrogens is 315 g/mol. The van der Waals surface area contributed by atoms with E-state index in [9.17, 15) is 9.18 Å². The molecule has 1 heterocycles. The first-order chi connectivity index (χ1) is 10.7.